The van der Waals surface area contributed by atoms with Crippen LogP contribution in [0, 0.1) is 0 Å². The maximum atomic E-state index is 5.32. The summed E-state index contributed by atoms with van der Waals surface area (Å²) in [5.74, 6) is 0.781. The quantitative estimate of drug-likeness (QED) is 0.798. The van der Waals surface area contributed by atoms with Crippen LogP contribution in [0.3, 0.4) is 0 Å². The van der Waals surface area contributed by atoms with Gasteiger partial charge in [-0.05, 0) is 44.0 Å². The average Bonchev–Trinajstić information content (AvgIpc) is 2.58. The second-order valence-corrected chi connectivity index (χ2v) is 5.01. The molecule has 62 valence electrons. The molecule has 2 rings (SSSR count). The molecule has 0 N–H and O–H groups in total. The molecule has 0 saturated heterocycles. The maximum absolute atomic E-state index is 5.32. The van der Waals surface area contributed by atoms with E-state index >= 15 is 0 Å². The van der Waals surface area contributed by atoms with Crippen LogP contribution in [0.15, 0.2) is 30.5 Å². The first-order valence-electron chi connectivity index (χ1n) is 3.12. The van der Waals surface area contributed by atoms with Crippen LogP contribution in [0.5, 0.6) is 0 Å². The van der Waals surface area contributed by atoms with Crippen molar-refractivity contribution in [2.24, 2.45) is 0 Å². The highest BCUT2D eigenvalue weighted by molar-refractivity contribution is 9.11. The lowest BCUT2D eigenvalue weighted by atomic mass is 10.4. The second-order valence-electron chi connectivity index (χ2n) is 2.09. The molecule has 0 radical (unpaired) electrons. The molecule has 0 aliphatic carbocycles. The maximum Gasteiger partial charge on any atom is 0.169 e. The van der Waals surface area contributed by atoms with Crippen LogP contribution >= 0.6 is 43.2 Å². The standard InChI is InChI=1S/C7H3Br2NOS/c8-6-2-1-5(11-6)4-3-12-7(9)10-4/h1-3H. The number of thiazole rings is 1. The average molecular weight is 309 g/mol. The van der Waals surface area contributed by atoms with Gasteiger partial charge in [-0.3, -0.25) is 0 Å². The zero-order valence-electron chi connectivity index (χ0n) is 5.75. The molecule has 0 aliphatic rings. The normalized spacial score (nSPS) is 10.5. The van der Waals surface area contributed by atoms with Gasteiger partial charge in [0.15, 0.2) is 14.3 Å². The van der Waals surface area contributed by atoms with Crippen LogP contribution in [-0.4, -0.2) is 4.98 Å². The largest absolute Gasteiger partial charge is 0.448 e. The van der Waals surface area contributed by atoms with E-state index in [0.29, 0.717) is 0 Å². The molecule has 2 nitrogen and oxygen atoms in total. The third-order valence-corrected chi connectivity index (χ3v) is 3.09. The van der Waals surface area contributed by atoms with Crippen molar-refractivity contribution in [1.82, 2.24) is 4.98 Å². The number of hydrogen-bond donors (Lipinski definition) is 0. The fourth-order valence-corrected chi connectivity index (χ4v) is 2.12. The van der Waals surface area contributed by atoms with Crippen molar-refractivity contribution in [2.75, 3.05) is 0 Å². The predicted molar refractivity (Wildman–Crippen MR) is 55.2 cm³/mol. The Morgan fingerprint density at radius 1 is 1.33 bits per heavy atom. The first-order chi connectivity index (χ1) is 5.75. The van der Waals surface area contributed by atoms with Crippen LogP contribution in [0.2, 0.25) is 0 Å². The molecule has 5 heteroatoms. The second kappa shape index (κ2) is 3.32. The van der Waals surface area contributed by atoms with Crippen molar-refractivity contribution < 1.29 is 4.42 Å². The first kappa shape index (κ1) is 8.47. The van der Waals surface area contributed by atoms with E-state index in [1.165, 1.54) is 11.3 Å². The van der Waals surface area contributed by atoms with Gasteiger partial charge in [0.2, 0.25) is 0 Å². The van der Waals surface area contributed by atoms with Crippen LogP contribution in [0.25, 0.3) is 11.5 Å². The third kappa shape index (κ3) is 1.62. The number of hydrogen-bond acceptors (Lipinski definition) is 3. The number of furan rings is 1. The van der Waals surface area contributed by atoms with Crippen molar-refractivity contribution in [2.45, 2.75) is 0 Å². The Bertz CT molecular complexity index is 357. The molecular weight excluding hydrogens is 306 g/mol. The SMILES string of the molecule is Brc1ccc(-c2csc(Br)n2)o1. The van der Waals surface area contributed by atoms with Crippen LogP contribution in [-0.2, 0) is 0 Å². The summed E-state index contributed by atoms with van der Waals surface area (Å²) in [6, 6.07) is 3.73. The number of nitrogens with zero attached hydrogens (tertiary/aromatic N) is 1. The Morgan fingerprint density at radius 3 is 2.67 bits per heavy atom. The van der Waals surface area contributed by atoms with Gasteiger partial charge in [0.1, 0.15) is 5.69 Å². The van der Waals surface area contributed by atoms with E-state index in [1.807, 2.05) is 17.5 Å². The zero-order valence-corrected chi connectivity index (χ0v) is 9.74. The third-order valence-electron chi connectivity index (χ3n) is 1.30. The van der Waals surface area contributed by atoms with Gasteiger partial charge in [-0.25, -0.2) is 4.98 Å². The van der Waals surface area contributed by atoms with Crippen molar-refractivity contribution in [1.29, 1.82) is 0 Å². The molecule has 0 aliphatic heterocycles. The van der Waals surface area contributed by atoms with Gasteiger partial charge < -0.3 is 4.42 Å². The molecule has 0 saturated carbocycles. The molecule has 0 amide bonds. The van der Waals surface area contributed by atoms with E-state index in [4.69, 9.17) is 4.42 Å². The topological polar surface area (TPSA) is 26.0 Å². The van der Waals surface area contributed by atoms with E-state index in [2.05, 4.69) is 36.8 Å². The highest BCUT2D eigenvalue weighted by atomic mass is 79.9. The van der Waals surface area contributed by atoms with E-state index in [9.17, 15) is 0 Å². The Labute approximate surface area is 89.9 Å². The van der Waals surface area contributed by atoms with Crippen molar-refractivity contribution >= 4 is 43.2 Å². The van der Waals surface area contributed by atoms with Crippen LogP contribution in [0.1, 0.15) is 0 Å². The summed E-state index contributed by atoms with van der Waals surface area (Å²) in [6.07, 6.45) is 0. The van der Waals surface area contributed by atoms with E-state index in [1.54, 1.807) is 0 Å². The van der Waals surface area contributed by atoms with Gasteiger partial charge in [0.05, 0.1) is 0 Å². The lowest BCUT2D eigenvalue weighted by Crippen LogP contribution is -1.70. The number of halogens is 2. The Hall–Kier alpha value is -0.130. The number of rotatable bonds is 1. The minimum absolute atomic E-state index is 0.724. The Morgan fingerprint density at radius 2 is 2.17 bits per heavy atom. The Balaban J connectivity index is 2.43. The fraction of sp³-hybridized carbons (Fsp3) is 0. The fourth-order valence-electron chi connectivity index (χ4n) is 0.817. The summed E-state index contributed by atoms with van der Waals surface area (Å²) in [4.78, 5) is 4.21. The minimum Gasteiger partial charge on any atom is -0.448 e. The first-order valence-corrected chi connectivity index (χ1v) is 5.59. The molecule has 2 heterocycles. The van der Waals surface area contributed by atoms with E-state index < -0.39 is 0 Å². The number of aromatic nitrogens is 1. The lowest BCUT2D eigenvalue weighted by molar-refractivity contribution is 0.554. The van der Waals surface area contributed by atoms with Crippen molar-refractivity contribution in [3.05, 3.63) is 26.1 Å². The summed E-state index contributed by atoms with van der Waals surface area (Å²) < 4.78 is 6.91. The van der Waals surface area contributed by atoms with Gasteiger partial charge in [0, 0.05) is 5.38 Å². The molecule has 12 heavy (non-hydrogen) atoms. The minimum atomic E-state index is 0.724. The van der Waals surface area contributed by atoms with Crippen LogP contribution in [0.4, 0.5) is 0 Å². The summed E-state index contributed by atoms with van der Waals surface area (Å²) in [7, 11) is 0. The predicted octanol–water partition coefficient (Wildman–Crippen LogP) is 3.93. The van der Waals surface area contributed by atoms with Gasteiger partial charge >= 0.3 is 0 Å². The monoisotopic (exact) mass is 307 g/mol. The highest BCUT2D eigenvalue weighted by Gasteiger charge is 2.06. The molecule has 0 aromatic carbocycles. The summed E-state index contributed by atoms with van der Waals surface area (Å²) in [5.41, 5.74) is 0.859. The molecule has 2 aromatic rings. The molecule has 0 unspecified atom stereocenters. The van der Waals surface area contributed by atoms with Crippen molar-refractivity contribution in [3.63, 3.8) is 0 Å². The molecule has 0 fully saturated rings. The molecular formula is C7H3Br2NOS. The molecule has 0 bridgehead atoms. The highest BCUT2D eigenvalue weighted by Crippen LogP contribution is 2.27. The smallest absolute Gasteiger partial charge is 0.169 e. The molecule has 2 aromatic heterocycles. The summed E-state index contributed by atoms with van der Waals surface area (Å²) in [5, 5.41) is 1.94. The van der Waals surface area contributed by atoms with Gasteiger partial charge in [-0.2, -0.15) is 0 Å². The van der Waals surface area contributed by atoms with Gasteiger partial charge in [-0.15, -0.1) is 11.3 Å². The zero-order chi connectivity index (χ0) is 8.55. The lowest BCUT2D eigenvalue weighted by Gasteiger charge is -1.85. The van der Waals surface area contributed by atoms with Gasteiger partial charge in [0.25, 0.3) is 0 Å². The molecule has 0 spiro atoms. The Kier molecular flexibility index (Phi) is 2.34. The van der Waals surface area contributed by atoms with Crippen molar-refractivity contribution in [3.8, 4) is 11.5 Å². The summed E-state index contributed by atoms with van der Waals surface area (Å²) >= 11 is 8.06. The van der Waals surface area contributed by atoms with E-state index in [0.717, 1.165) is 20.0 Å². The van der Waals surface area contributed by atoms with Gasteiger partial charge in [-0.1, -0.05) is 0 Å². The van der Waals surface area contributed by atoms with Crippen LogP contribution < -0.4 is 0 Å². The van der Waals surface area contributed by atoms with E-state index in [-0.39, 0.29) is 0 Å². The molecule has 0 atom stereocenters. The summed E-state index contributed by atoms with van der Waals surface area (Å²) in [6.45, 7) is 0.